The molecule has 0 fully saturated rings. The van der Waals surface area contributed by atoms with Crippen LogP contribution in [0.1, 0.15) is 13.8 Å². The van der Waals surface area contributed by atoms with Gasteiger partial charge in [0.25, 0.3) is 0 Å². The van der Waals surface area contributed by atoms with Gasteiger partial charge >= 0.3 is 7.82 Å². The zero-order valence-electron chi connectivity index (χ0n) is 9.40. The Kier molecular flexibility index (Phi) is 13.0. The summed E-state index contributed by atoms with van der Waals surface area (Å²) < 4.78 is 24.5. The molecule has 0 rings (SSSR count). The van der Waals surface area contributed by atoms with Crippen LogP contribution < -0.4 is 0 Å². The van der Waals surface area contributed by atoms with Gasteiger partial charge in [-0.1, -0.05) is 0 Å². The van der Waals surface area contributed by atoms with E-state index in [0.717, 1.165) is 0 Å². The summed E-state index contributed by atoms with van der Waals surface area (Å²) in [5.41, 5.74) is 0. The van der Waals surface area contributed by atoms with Crippen molar-refractivity contribution in [1.82, 2.24) is 0 Å². The summed E-state index contributed by atoms with van der Waals surface area (Å²) in [5, 5.41) is 9.42. The molecule has 9 heteroatoms. The Morgan fingerprint density at radius 2 is 1.62 bits per heavy atom. The first-order valence-electron chi connectivity index (χ1n) is 4.52. The number of phosphoric acid groups is 1. The van der Waals surface area contributed by atoms with Gasteiger partial charge in [-0.15, -0.1) is 0 Å². The number of aliphatic hydroxyl groups is 1. The number of ether oxygens (including phenoxy) is 2. The molecule has 0 amide bonds. The van der Waals surface area contributed by atoms with E-state index in [9.17, 15) is 9.67 Å². The average Bonchev–Trinajstić information content (AvgIpc) is 2.13. The van der Waals surface area contributed by atoms with Crippen LogP contribution in [-0.4, -0.2) is 96.0 Å². The fraction of sp³-hybridized carbons (Fsp3) is 1.00. The molecule has 7 nitrogen and oxygen atoms in total. The maximum absolute atomic E-state index is 10.4. The summed E-state index contributed by atoms with van der Waals surface area (Å²) in [4.78, 5) is 16.8. The molecule has 0 bridgehead atoms. The molecule has 0 aliphatic rings. The van der Waals surface area contributed by atoms with E-state index >= 15 is 0 Å². The van der Waals surface area contributed by atoms with E-state index in [0.29, 0.717) is 13.2 Å². The maximum atomic E-state index is 10.4. The molecule has 0 aliphatic carbocycles. The standard InChI is InChI=1S/C7H17O7P.Ba/c1-3-12-7(13-4-2)6(8)5-14-15(9,10)11;/h6-8H,3-5H2,1-2H3,(H2,9,10,11);. The van der Waals surface area contributed by atoms with E-state index in [1.54, 1.807) is 13.8 Å². The second-order valence-corrected chi connectivity index (χ2v) is 3.87. The van der Waals surface area contributed by atoms with Gasteiger partial charge in [-0.05, 0) is 13.8 Å². The first kappa shape index (κ1) is 19.9. The third-order valence-corrected chi connectivity index (χ3v) is 1.87. The molecule has 0 heterocycles. The molecule has 16 heavy (non-hydrogen) atoms. The predicted molar refractivity (Wildman–Crippen MR) is 56.8 cm³/mol. The molecule has 0 saturated heterocycles. The van der Waals surface area contributed by atoms with Crippen molar-refractivity contribution in [2.45, 2.75) is 26.2 Å². The molecule has 0 aromatic rings. The van der Waals surface area contributed by atoms with Gasteiger partial charge in [0.2, 0.25) is 0 Å². The van der Waals surface area contributed by atoms with Crippen molar-refractivity contribution in [3.05, 3.63) is 0 Å². The predicted octanol–water partition coefficient (Wildman–Crippen LogP) is -0.525. The molecule has 0 aromatic carbocycles. The summed E-state index contributed by atoms with van der Waals surface area (Å²) in [7, 11) is -4.57. The van der Waals surface area contributed by atoms with Crippen LogP contribution >= 0.6 is 7.82 Å². The van der Waals surface area contributed by atoms with Crippen LogP contribution in [0.25, 0.3) is 0 Å². The molecule has 3 N–H and O–H groups in total. The van der Waals surface area contributed by atoms with Crippen LogP contribution in [0.3, 0.4) is 0 Å². The summed E-state index contributed by atoms with van der Waals surface area (Å²) in [5.74, 6) is 0. The Balaban J connectivity index is 0. The minimum absolute atomic E-state index is 0. The minimum atomic E-state index is -4.57. The van der Waals surface area contributed by atoms with Crippen LogP contribution in [0.2, 0.25) is 0 Å². The Labute approximate surface area is 135 Å². The van der Waals surface area contributed by atoms with Crippen LogP contribution in [0.15, 0.2) is 0 Å². The van der Waals surface area contributed by atoms with Gasteiger partial charge in [-0.3, -0.25) is 4.52 Å². The molecule has 0 aliphatic heterocycles. The molecular weight excluding hydrogens is 364 g/mol. The maximum Gasteiger partial charge on any atom is 0.469 e. The van der Waals surface area contributed by atoms with Gasteiger partial charge in [-0.25, -0.2) is 4.57 Å². The second-order valence-electron chi connectivity index (χ2n) is 2.63. The zero-order chi connectivity index (χ0) is 11.9. The number of aliphatic hydroxyl groups excluding tert-OH is 1. The Morgan fingerprint density at radius 3 is 1.94 bits per heavy atom. The Hall–Kier alpha value is 1.56. The van der Waals surface area contributed by atoms with Crippen LogP contribution in [-0.2, 0) is 18.6 Å². The number of hydrogen-bond donors (Lipinski definition) is 3. The van der Waals surface area contributed by atoms with Crippen molar-refractivity contribution in [2.24, 2.45) is 0 Å². The van der Waals surface area contributed by atoms with E-state index in [1.807, 2.05) is 0 Å². The van der Waals surface area contributed by atoms with Crippen molar-refractivity contribution in [2.75, 3.05) is 19.8 Å². The summed E-state index contributed by atoms with van der Waals surface area (Å²) in [6.45, 7) is 3.51. The van der Waals surface area contributed by atoms with Gasteiger partial charge < -0.3 is 24.4 Å². The molecule has 1 atom stereocenters. The topological polar surface area (TPSA) is 105 Å². The first-order chi connectivity index (χ1) is 6.90. The van der Waals surface area contributed by atoms with Gasteiger partial charge in [0.15, 0.2) is 6.29 Å². The number of phosphoric ester groups is 1. The average molecular weight is 382 g/mol. The van der Waals surface area contributed by atoms with Crippen molar-refractivity contribution in [3.63, 3.8) is 0 Å². The normalized spacial score (nSPS) is 13.6. The fourth-order valence-electron chi connectivity index (χ4n) is 0.851. The van der Waals surface area contributed by atoms with Crippen molar-refractivity contribution in [1.29, 1.82) is 0 Å². The SMILES string of the molecule is CCOC(OCC)C(O)COP(=O)(O)O.[Ba]. The van der Waals surface area contributed by atoms with E-state index in [2.05, 4.69) is 4.52 Å². The van der Waals surface area contributed by atoms with Crippen LogP contribution in [0, 0.1) is 0 Å². The largest absolute Gasteiger partial charge is 0.469 e. The number of rotatable bonds is 8. The Bertz CT molecular complexity index is 203. The monoisotopic (exact) mass is 382 g/mol. The van der Waals surface area contributed by atoms with Crippen molar-refractivity contribution < 1.29 is 33.5 Å². The summed E-state index contributed by atoms with van der Waals surface area (Å²) in [6, 6.07) is 0. The summed E-state index contributed by atoms with van der Waals surface area (Å²) >= 11 is 0. The van der Waals surface area contributed by atoms with Crippen LogP contribution in [0.4, 0.5) is 0 Å². The van der Waals surface area contributed by atoms with Crippen molar-refractivity contribution in [3.8, 4) is 0 Å². The third-order valence-electron chi connectivity index (χ3n) is 1.39. The molecule has 2 radical (unpaired) electrons. The molecule has 1 unspecified atom stereocenters. The third kappa shape index (κ3) is 10.7. The molecule has 0 aromatic heterocycles. The molecular formula is C7H17BaO7P. The molecule has 0 saturated carbocycles. The molecule has 0 spiro atoms. The number of hydrogen-bond acceptors (Lipinski definition) is 5. The second kappa shape index (κ2) is 10.5. The van der Waals surface area contributed by atoms with Gasteiger partial charge in [-0.2, -0.15) is 0 Å². The van der Waals surface area contributed by atoms with Gasteiger partial charge in [0.1, 0.15) is 6.10 Å². The quantitative estimate of drug-likeness (QED) is 0.295. The van der Waals surface area contributed by atoms with E-state index in [4.69, 9.17) is 19.3 Å². The van der Waals surface area contributed by atoms with E-state index in [1.165, 1.54) is 0 Å². The van der Waals surface area contributed by atoms with E-state index < -0.39 is 26.8 Å². The van der Waals surface area contributed by atoms with Gasteiger partial charge in [0, 0.05) is 62.1 Å². The minimum Gasteiger partial charge on any atom is -0.385 e. The summed E-state index contributed by atoms with van der Waals surface area (Å²) in [6.07, 6.45) is -2.18. The smallest absolute Gasteiger partial charge is 0.385 e. The van der Waals surface area contributed by atoms with Gasteiger partial charge in [0.05, 0.1) is 6.61 Å². The fourth-order valence-corrected chi connectivity index (χ4v) is 1.20. The van der Waals surface area contributed by atoms with Crippen molar-refractivity contribution >= 4 is 56.7 Å². The first-order valence-corrected chi connectivity index (χ1v) is 6.05. The zero-order valence-corrected chi connectivity index (χ0v) is 14.7. The molecule has 94 valence electrons. The van der Waals surface area contributed by atoms with E-state index in [-0.39, 0.29) is 48.9 Å². The Morgan fingerprint density at radius 1 is 1.19 bits per heavy atom. The van der Waals surface area contributed by atoms with Crippen LogP contribution in [0.5, 0.6) is 0 Å².